The van der Waals surface area contributed by atoms with Crippen molar-refractivity contribution in [1.82, 2.24) is 14.9 Å². The Balaban J connectivity index is 1.71. The van der Waals surface area contributed by atoms with Crippen molar-refractivity contribution in [3.63, 3.8) is 0 Å². The van der Waals surface area contributed by atoms with Crippen LogP contribution in [0.5, 0.6) is 0 Å². The number of benzene rings is 2. The van der Waals surface area contributed by atoms with Gasteiger partial charge in [0.2, 0.25) is 5.91 Å². The fourth-order valence-electron chi connectivity index (χ4n) is 3.99. The molecule has 0 aliphatic heterocycles. The van der Waals surface area contributed by atoms with Crippen LogP contribution in [-0.4, -0.2) is 27.3 Å². The van der Waals surface area contributed by atoms with E-state index in [2.05, 4.69) is 11.4 Å². The van der Waals surface area contributed by atoms with Crippen molar-refractivity contribution in [2.45, 2.75) is 50.7 Å². The van der Waals surface area contributed by atoms with E-state index in [4.69, 9.17) is 4.98 Å². The molecule has 1 fully saturated rings. The van der Waals surface area contributed by atoms with Gasteiger partial charge >= 0.3 is 0 Å². The molecule has 1 N–H and O–H groups in total. The molecule has 29 heavy (non-hydrogen) atoms. The molecule has 5 nitrogen and oxygen atoms in total. The molecule has 150 valence electrons. The Morgan fingerprint density at radius 3 is 2.55 bits per heavy atom. The largest absolute Gasteiger partial charge is 0.353 e. The Labute approximate surface area is 174 Å². The fraction of sp³-hybridized carbons (Fsp3) is 0.348. The third kappa shape index (κ3) is 4.37. The van der Waals surface area contributed by atoms with E-state index in [0.29, 0.717) is 16.1 Å². The van der Waals surface area contributed by atoms with Gasteiger partial charge in [-0.05, 0) is 62.1 Å². The monoisotopic (exact) mass is 407 g/mol. The molecule has 0 atom stereocenters. The van der Waals surface area contributed by atoms with E-state index < -0.39 is 0 Å². The molecule has 1 saturated carbocycles. The molecule has 0 spiro atoms. The van der Waals surface area contributed by atoms with Gasteiger partial charge in [-0.25, -0.2) is 4.98 Å². The Hall–Kier alpha value is -2.60. The SMILES string of the molecule is Cc1cc(C)cc(-n2c(SCC(=O)NC3CCCC3)nc3ccccc3c2=O)c1. The number of thioether (sulfide) groups is 1. The summed E-state index contributed by atoms with van der Waals surface area (Å²) in [7, 11) is 0. The molecule has 1 amide bonds. The number of carbonyl (C=O) groups excluding carboxylic acids is 1. The lowest BCUT2D eigenvalue weighted by atomic mass is 10.1. The summed E-state index contributed by atoms with van der Waals surface area (Å²) in [4.78, 5) is 30.5. The van der Waals surface area contributed by atoms with Gasteiger partial charge in [0.1, 0.15) is 0 Å². The molecule has 4 rings (SSSR count). The number of nitrogens with zero attached hydrogens (tertiary/aromatic N) is 2. The summed E-state index contributed by atoms with van der Waals surface area (Å²) in [6, 6.07) is 13.7. The van der Waals surface area contributed by atoms with Crippen molar-refractivity contribution in [3.05, 3.63) is 63.9 Å². The summed E-state index contributed by atoms with van der Waals surface area (Å²) in [6.07, 6.45) is 4.46. The molecule has 0 unspecified atom stereocenters. The quantitative estimate of drug-likeness (QED) is 0.510. The smallest absolute Gasteiger partial charge is 0.266 e. The highest BCUT2D eigenvalue weighted by Crippen LogP contribution is 2.23. The van der Waals surface area contributed by atoms with Crippen molar-refractivity contribution in [3.8, 4) is 5.69 Å². The zero-order valence-corrected chi connectivity index (χ0v) is 17.6. The fourth-order valence-corrected chi connectivity index (χ4v) is 4.81. The molecule has 1 aromatic heterocycles. The first kappa shape index (κ1) is 19.7. The maximum Gasteiger partial charge on any atom is 0.266 e. The number of para-hydroxylation sites is 1. The van der Waals surface area contributed by atoms with Gasteiger partial charge in [-0.3, -0.25) is 14.2 Å². The summed E-state index contributed by atoms with van der Waals surface area (Å²) in [5, 5.41) is 4.22. The van der Waals surface area contributed by atoms with Crippen LogP contribution < -0.4 is 10.9 Å². The number of carbonyl (C=O) groups is 1. The van der Waals surface area contributed by atoms with Gasteiger partial charge < -0.3 is 5.32 Å². The van der Waals surface area contributed by atoms with Crippen molar-refractivity contribution >= 4 is 28.6 Å². The summed E-state index contributed by atoms with van der Waals surface area (Å²) in [5.41, 5.74) is 3.48. The van der Waals surface area contributed by atoms with E-state index in [1.807, 2.05) is 44.2 Å². The van der Waals surface area contributed by atoms with E-state index in [-0.39, 0.29) is 23.3 Å². The van der Waals surface area contributed by atoms with E-state index in [1.165, 1.54) is 24.6 Å². The predicted octanol–water partition coefficient (Wildman–Crippen LogP) is 4.15. The molecular weight excluding hydrogens is 382 g/mol. The van der Waals surface area contributed by atoms with Crippen LogP contribution in [0.1, 0.15) is 36.8 Å². The molecule has 0 saturated heterocycles. The number of nitrogens with one attached hydrogen (secondary N) is 1. The normalized spacial score (nSPS) is 14.4. The number of rotatable bonds is 5. The van der Waals surface area contributed by atoms with Gasteiger partial charge in [-0.1, -0.05) is 42.8 Å². The van der Waals surface area contributed by atoms with Gasteiger partial charge in [0.25, 0.3) is 5.56 Å². The number of hydrogen-bond donors (Lipinski definition) is 1. The first-order valence-electron chi connectivity index (χ1n) is 10.0. The summed E-state index contributed by atoms with van der Waals surface area (Å²) in [6.45, 7) is 4.02. The van der Waals surface area contributed by atoms with Crippen LogP contribution in [-0.2, 0) is 4.79 Å². The lowest BCUT2D eigenvalue weighted by molar-refractivity contribution is -0.119. The average molecular weight is 408 g/mol. The Bertz CT molecular complexity index is 1100. The van der Waals surface area contributed by atoms with Gasteiger partial charge in [0.05, 0.1) is 22.3 Å². The highest BCUT2D eigenvalue weighted by atomic mass is 32.2. The molecule has 3 aromatic rings. The topological polar surface area (TPSA) is 64.0 Å². The zero-order valence-electron chi connectivity index (χ0n) is 16.8. The van der Waals surface area contributed by atoms with Crippen molar-refractivity contribution in [2.75, 3.05) is 5.75 Å². The van der Waals surface area contributed by atoms with Crippen LogP contribution in [0.4, 0.5) is 0 Å². The standard InChI is InChI=1S/C23H25N3O2S/c1-15-11-16(2)13-18(12-15)26-22(28)19-9-5-6-10-20(19)25-23(26)29-14-21(27)24-17-7-3-4-8-17/h5-6,9-13,17H,3-4,7-8,14H2,1-2H3,(H,24,27). The third-order valence-corrected chi connectivity index (χ3v) is 6.20. The first-order valence-corrected chi connectivity index (χ1v) is 11.0. The van der Waals surface area contributed by atoms with Crippen LogP contribution in [0.3, 0.4) is 0 Å². The third-order valence-electron chi connectivity index (χ3n) is 5.26. The van der Waals surface area contributed by atoms with Crippen LogP contribution in [0.25, 0.3) is 16.6 Å². The molecule has 2 aromatic carbocycles. The van der Waals surface area contributed by atoms with Crippen molar-refractivity contribution in [1.29, 1.82) is 0 Å². The molecule has 0 bridgehead atoms. The van der Waals surface area contributed by atoms with E-state index in [9.17, 15) is 9.59 Å². The minimum atomic E-state index is -0.112. The molecule has 1 aliphatic rings. The van der Waals surface area contributed by atoms with Crippen LogP contribution in [0, 0.1) is 13.8 Å². The van der Waals surface area contributed by atoms with Crippen LogP contribution in [0.2, 0.25) is 0 Å². The summed E-state index contributed by atoms with van der Waals surface area (Å²) >= 11 is 1.31. The number of aromatic nitrogens is 2. The van der Waals surface area contributed by atoms with Crippen LogP contribution in [0.15, 0.2) is 52.4 Å². The van der Waals surface area contributed by atoms with Gasteiger partial charge in [-0.2, -0.15) is 0 Å². The summed E-state index contributed by atoms with van der Waals surface area (Å²) < 4.78 is 1.63. The summed E-state index contributed by atoms with van der Waals surface area (Å²) in [5.74, 6) is 0.239. The average Bonchev–Trinajstić information content (AvgIpc) is 3.18. The lowest BCUT2D eigenvalue weighted by Gasteiger charge is -2.15. The number of aryl methyl sites for hydroxylation is 2. The minimum Gasteiger partial charge on any atom is -0.353 e. The highest BCUT2D eigenvalue weighted by Gasteiger charge is 2.19. The maximum absolute atomic E-state index is 13.3. The Morgan fingerprint density at radius 1 is 1.14 bits per heavy atom. The van der Waals surface area contributed by atoms with Crippen molar-refractivity contribution < 1.29 is 4.79 Å². The molecule has 1 aliphatic carbocycles. The van der Waals surface area contributed by atoms with Crippen molar-refractivity contribution in [2.24, 2.45) is 0 Å². The van der Waals surface area contributed by atoms with Gasteiger partial charge in [0.15, 0.2) is 5.16 Å². The first-order chi connectivity index (χ1) is 14.0. The van der Waals surface area contributed by atoms with Crippen LogP contribution >= 0.6 is 11.8 Å². The predicted molar refractivity (Wildman–Crippen MR) is 118 cm³/mol. The second-order valence-corrected chi connectivity index (χ2v) is 8.68. The Morgan fingerprint density at radius 2 is 1.83 bits per heavy atom. The van der Waals surface area contributed by atoms with E-state index in [1.54, 1.807) is 10.6 Å². The molecular formula is C23H25N3O2S. The highest BCUT2D eigenvalue weighted by molar-refractivity contribution is 7.99. The number of hydrogen-bond acceptors (Lipinski definition) is 4. The second-order valence-electron chi connectivity index (χ2n) is 7.74. The molecule has 0 radical (unpaired) electrons. The Kier molecular flexibility index (Phi) is 5.72. The molecule has 6 heteroatoms. The minimum absolute atomic E-state index is 0.00344. The lowest BCUT2D eigenvalue weighted by Crippen LogP contribution is -2.34. The second kappa shape index (κ2) is 8.41. The van der Waals surface area contributed by atoms with Gasteiger partial charge in [0, 0.05) is 6.04 Å². The maximum atomic E-state index is 13.3. The van der Waals surface area contributed by atoms with Gasteiger partial charge in [-0.15, -0.1) is 0 Å². The number of amides is 1. The number of fused-ring (bicyclic) bond motifs is 1. The van der Waals surface area contributed by atoms with E-state index >= 15 is 0 Å². The molecule has 1 heterocycles. The zero-order chi connectivity index (χ0) is 20.4. The van der Waals surface area contributed by atoms with E-state index in [0.717, 1.165) is 29.7 Å².